The van der Waals surface area contributed by atoms with Crippen LogP contribution in [0.25, 0.3) is 0 Å². The third kappa shape index (κ3) is 3.64. The van der Waals surface area contributed by atoms with Gasteiger partial charge in [0, 0.05) is 24.3 Å². The zero-order valence-corrected chi connectivity index (χ0v) is 11.2. The molecule has 2 unspecified atom stereocenters. The Kier molecular flexibility index (Phi) is 5.46. The Labute approximate surface area is 104 Å². The summed E-state index contributed by atoms with van der Waals surface area (Å²) >= 11 is 2.15. The van der Waals surface area contributed by atoms with Crippen LogP contribution < -0.4 is 5.32 Å². The molecule has 2 aliphatic rings. The van der Waals surface area contributed by atoms with E-state index in [0.29, 0.717) is 6.04 Å². The van der Waals surface area contributed by atoms with Crippen LogP contribution >= 0.6 is 11.8 Å². The molecule has 0 bridgehead atoms. The fraction of sp³-hybridized carbons (Fsp3) is 1.00. The van der Waals surface area contributed by atoms with Crippen LogP contribution in [-0.2, 0) is 4.74 Å². The molecule has 0 spiro atoms. The molecule has 2 atom stereocenters. The zero-order valence-electron chi connectivity index (χ0n) is 10.4. The second-order valence-electron chi connectivity index (χ2n) is 5.21. The van der Waals surface area contributed by atoms with Crippen molar-refractivity contribution in [2.75, 3.05) is 31.8 Å². The molecule has 94 valence electrons. The minimum atomic E-state index is 0.661. The molecule has 2 nitrogen and oxygen atoms in total. The van der Waals surface area contributed by atoms with Crippen LogP contribution in [0.5, 0.6) is 0 Å². The van der Waals surface area contributed by atoms with Gasteiger partial charge < -0.3 is 10.1 Å². The molecule has 16 heavy (non-hydrogen) atoms. The summed E-state index contributed by atoms with van der Waals surface area (Å²) < 4.78 is 5.47. The first-order chi connectivity index (χ1) is 7.90. The highest BCUT2D eigenvalue weighted by molar-refractivity contribution is 7.99. The van der Waals surface area contributed by atoms with Crippen molar-refractivity contribution in [3.63, 3.8) is 0 Å². The molecule has 0 radical (unpaired) electrons. The van der Waals surface area contributed by atoms with Crippen molar-refractivity contribution in [2.45, 2.75) is 38.1 Å². The second kappa shape index (κ2) is 6.87. The molecule has 2 rings (SSSR count). The summed E-state index contributed by atoms with van der Waals surface area (Å²) in [6, 6.07) is 0.661. The van der Waals surface area contributed by atoms with Gasteiger partial charge in [-0.3, -0.25) is 0 Å². The van der Waals surface area contributed by atoms with Gasteiger partial charge in [0.25, 0.3) is 0 Å². The molecule has 1 aliphatic carbocycles. The van der Waals surface area contributed by atoms with Crippen LogP contribution in [-0.4, -0.2) is 37.8 Å². The number of ether oxygens (including phenoxy) is 1. The highest BCUT2D eigenvalue weighted by atomic mass is 32.2. The molecule has 3 heteroatoms. The molecule has 1 saturated carbocycles. The van der Waals surface area contributed by atoms with E-state index in [1.54, 1.807) is 0 Å². The Morgan fingerprint density at radius 1 is 1.31 bits per heavy atom. The Balaban J connectivity index is 1.62. The van der Waals surface area contributed by atoms with Gasteiger partial charge in [0.1, 0.15) is 0 Å². The first kappa shape index (κ1) is 12.7. The fourth-order valence-corrected chi connectivity index (χ4v) is 4.36. The fourth-order valence-electron chi connectivity index (χ4n) is 2.86. The van der Waals surface area contributed by atoms with Crippen LogP contribution in [0.2, 0.25) is 0 Å². The van der Waals surface area contributed by atoms with Crippen molar-refractivity contribution >= 4 is 11.8 Å². The van der Waals surface area contributed by atoms with Crippen LogP contribution in [0, 0.1) is 11.8 Å². The average Bonchev–Trinajstić information content (AvgIpc) is 2.96. The predicted molar refractivity (Wildman–Crippen MR) is 71.1 cm³/mol. The van der Waals surface area contributed by atoms with E-state index in [9.17, 15) is 0 Å². The van der Waals surface area contributed by atoms with Crippen LogP contribution in [0.3, 0.4) is 0 Å². The van der Waals surface area contributed by atoms with E-state index in [2.05, 4.69) is 24.1 Å². The average molecular weight is 243 g/mol. The second-order valence-corrected chi connectivity index (χ2v) is 6.28. The van der Waals surface area contributed by atoms with Crippen molar-refractivity contribution in [3.8, 4) is 0 Å². The third-order valence-electron chi connectivity index (χ3n) is 4.03. The van der Waals surface area contributed by atoms with Gasteiger partial charge in [-0.25, -0.2) is 0 Å². The van der Waals surface area contributed by atoms with E-state index in [1.165, 1.54) is 43.6 Å². The normalized spacial score (nSPS) is 28.7. The SMILES string of the molecule is CNC(CSCC1CCCC1)C1CCOC1. The summed E-state index contributed by atoms with van der Waals surface area (Å²) in [7, 11) is 2.10. The van der Waals surface area contributed by atoms with Gasteiger partial charge in [0.2, 0.25) is 0 Å². The van der Waals surface area contributed by atoms with E-state index in [0.717, 1.165) is 25.0 Å². The van der Waals surface area contributed by atoms with Gasteiger partial charge >= 0.3 is 0 Å². The molecule has 0 aromatic carbocycles. The van der Waals surface area contributed by atoms with Crippen LogP contribution in [0.4, 0.5) is 0 Å². The van der Waals surface area contributed by atoms with E-state index in [1.807, 2.05) is 0 Å². The van der Waals surface area contributed by atoms with Gasteiger partial charge in [0.05, 0.1) is 6.61 Å². The van der Waals surface area contributed by atoms with Crippen molar-refractivity contribution in [1.82, 2.24) is 5.32 Å². The number of nitrogens with one attached hydrogen (secondary N) is 1. The number of rotatable bonds is 6. The monoisotopic (exact) mass is 243 g/mol. The molecule has 0 aromatic heterocycles. The summed E-state index contributed by atoms with van der Waals surface area (Å²) in [5, 5.41) is 3.47. The molecule has 1 saturated heterocycles. The maximum absolute atomic E-state index is 5.47. The molecule has 0 amide bonds. The lowest BCUT2D eigenvalue weighted by molar-refractivity contribution is 0.180. The minimum absolute atomic E-state index is 0.661. The Morgan fingerprint density at radius 3 is 2.75 bits per heavy atom. The summed E-state index contributed by atoms with van der Waals surface area (Å²) in [5.74, 6) is 4.41. The molecular formula is C13H25NOS. The highest BCUT2D eigenvalue weighted by Gasteiger charge is 2.24. The maximum Gasteiger partial charge on any atom is 0.0510 e. The Bertz CT molecular complexity index is 188. The molecule has 2 fully saturated rings. The topological polar surface area (TPSA) is 21.3 Å². The van der Waals surface area contributed by atoms with E-state index in [4.69, 9.17) is 4.74 Å². The maximum atomic E-state index is 5.47. The summed E-state index contributed by atoms with van der Waals surface area (Å²) in [6.45, 7) is 1.94. The van der Waals surface area contributed by atoms with Crippen molar-refractivity contribution < 1.29 is 4.74 Å². The zero-order chi connectivity index (χ0) is 11.2. The lowest BCUT2D eigenvalue weighted by Gasteiger charge is -2.22. The molecule has 0 aromatic rings. The van der Waals surface area contributed by atoms with Crippen LogP contribution in [0.15, 0.2) is 0 Å². The lowest BCUT2D eigenvalue weighted by Crippen LogP contribution is -2.36. The van der Waals surface area contributed by atoms with Gasteiger partial charge in [-0.15, -0.1) is 0 Å². The lowest BCUT2D eigenvalue weighted by atomic mass is 10.0. The van der Waals surface area contributed by atoms with Gasteiger partial charge in [-0.1, -0.05) is 12.8 Å². The molecule has 1 heterocycles. The van der Waals surface area contributed by atoms with Gasteiger partial charge in [0.15, 0.2) is 0 Å². The number of hydrogen-bond donors (Lipinski definition) is 1. The summed E-state index contributed by atoms with van der Waals surface area (Å²) in [4.78, 5) is 0. The van der Waals surface area contributed by atoms with Crippen molar-refractivity contribution in [2.24, 2.45) is 11.8 Å². The van der Waals surface area contributed by atoms with Crippen molar-refractivity contribution in [3.05, 3.63) is 0 Å². The van der Waals surface area contributed by atoms with E-state index < -0.39 is 0 Å². The first-order valence-electron chi connectivity index (χ1n) is 6.73. The van der Waals surface area contributed by atoms with Gasteiger partial charge in [-0.2, -0.15) is 11.8 Å². The summed E-state index contributed by atoms with van der Waals surface area (Å²) in [6.07, 6.45) is 7.14. The van der Waals surface area contributed by atoms with E-state index >= 15 is 0 Å². The molecule has 1 aliphatic heterocycles. The third-order valence-corrected chi connectivity index (χ3v) is 5.33. The standard InChI is InChI=1S/C13H25NOS/c1-14-13(12-6-7-15-8-12)10-16-9-11-4-2-3-5-11/h11-14H,2-10H2,1H3. The molecule has 1 N–H and O–H groups in total. The smallest absolute Gasteiger partial charge is 0.0510 e. The quantitative estimate of drug-likeness (QED) is 0.774. The number of hydrogen-bond acceptors (Lipinski definition) is 3. The van der Waals surface area contributed by atoms with Gasteiger partial charge in [-0.05, 0) is 38.0 Å². The Morgan fingerprint density at radius 2 is 2.12 bits per heavy atom. The number of thioether (sulfide) groups is 1. The minimum Gasteiger partial charge on any atom is -0.381 e. The highest BCUT2D eigenvalue weighted by Crippen LogP contribution is 2.29. The Hall–Kier alpha value is 0.270. The predicted octanol–water partition coefficient (Wildman–Crippen LogP) is 2.53. The van der Waals surface area contributed by atoms with Crippen LogP contribution in [0.1, 0.15) is 32.1 Å². The largest absolute Gasteiger partial charge is 0.381 e. The van der Waals surface area contributed by atoms with Crippen molar-refractivity contribution in [1.29, 1.82) is 0 Å². The summed E-state index contributed by atoms with van der Waals surface area (Å²) in [5.41, 5.74) is 0. The first-order valence-corrected chi connectivity index (χ1v) is 7.88. The van der Waals surface area contributed by atoms with E-state index in [-0.39, 0.29) is 0 Å². The molecular weight excluding hydrogens is 218 g/mol.